The molecule has 7 heteroatoms. The van der Waals surface area contributed by atoms with Crippen LogP contribution in [0.2, 0.25) is 0 Å². The molecule has 0 bridgehead atoms. The minimum absolute atomic E-state index is 0.198. The quantitative estimate of drug-likeness (QED) is 0.640. The van der Waals surface area contributed by atoms with Crippen LogP contribution in [-0.4, -0.2) is 29.2 Å². The topological polar surface area (TPSA) is 92.4 Å². The maximum absolute atomic E-state index is 6.03. The van der Waals surface area contributed by atoms with Gasteiger partial charge in [-0.2, -0.15) is 0 Å². The van der Waals surface area contributed by atoms with Crippen LogP contribution in [0.4, 0.5) is 5.82 Å². The molecule has 0 saturated heterocycles. The van der Waals surface area contributed by atoms with Gasteiger partial charge in [0.15, 0.2) is 11.6 Å². The van der Waals surface area contributed by atoms with E-state index in [1.165, 1.54) is 0 Å². The molecular weight excluding hydrogens is 380 g/mol. The van der Waals surface area contributed by atoms with Crippen LogP contribution >= 0.6 is 0 Å². The van der Waals surface area contributed by atoms with Gasteiger partial charge >= 0.3 is 0 Å². The summed E-state index contributed by atoms with van der Waals surface area (Å²) in [5.41, 5.74) is 8.20. The van der Waals surface area contributed by atoms with Gasteiger partial charge in [-0.25, -0.2) is 15.0 Å². The Morgan fingerprint density at radius 2 is 1.73 bits per heavy atom. The Bertz CT molecular complexity index is 1120. The van der Waals surface area contributed by atoms with Crippen LogP contribution in [-0.2, 0) is 0 Å². The molecule has 2 heterocycles. The van der Waals surface area contributed by atoms with Crippen molar-refractivity contribution in [3.05, 3.63) is 59.3 Å². The lowest BCUT2D eigenvalue weighted by molar-refractivity contribution is 0.393. The molecule has 3 aromatic rings. The van der Waals surface area contributed by atoms with Gasteiger partial charge in [0.25, 0.3) is 0 Å². The fraction of sp³-hybridized carbons (Fsp3) is 0.261. The molecule has 0 atom stereocenters. The van der Waals surface area contributed by atoms with E-state index in [-0.39, 0.29) is 11.7 Å². The zero-order chi connectivity index (χ0) is 21.7. The molecule has 7 nitrogen and oxygen atoms in total. The first-order valence-electron chi connectivity index (χ1n) is 9.42. The highest BCUT2D eigenvalue weighted by Crippen LogP contribution is 2.32. The van der Waals surface area contributed by atoms with Gasteiger partial charge in [-0.05, 0) is 30.9 Å². The van der Waals surface area contributed by atoms with E-state index in [9.17, 15) is 0 Å². The van der Waals surface area contributed by atoms with Crippen molar-refractivity contribution in [1.82, 2.24) is 15.0 Å². The number of nitrogens with two attached hydrogens (primary N) is 1. The summed E-state index contributed by atoms with van der Waals surface area (Å²) in [5, 5.41) is 0. The van der Waals surface area contributed by atoms with Crippen LogP contribution in [0, 0.1) is 18.8 Å². The Kier molecular flexibility index (Phi) is 6.38. The summed E-state index contributed by atoms with van der Waals surface area (Å²) in [5.74, 6) is 9.55. The second-order valence-electron chi connectivity index (χ2n) is 6.85. The molecule has 0 saturated carbocycles. The number of pyridine rings is 1. The third-order valence-corrected chi connectivity index (χ3v) is 4.37. The van der Waals surface area contributed by atoms with E-state index in [4.69, 9.17) is 19.9 Å². The molecule has 0 unspecified atom stereocenters. The largest absolute Gasteiger partial charge is 0.497 e. The summed E-state index contributed by atoms with van der Waals surface area (Å²) in [6, 6.07) is 7.25. The molecule has 1 aromatic carbocycles. The van der Waals surface area contributed by atoms with Crippen molar-refractivity contribution in [3.63, 3.8) is 0 Å². The van der Waals surface area contributed by atoms with Crippen molar-refractivity contribution in [2.24, 2.45) is 0 Å². The van der Waals surface area contributed by atoms with E-state index < -0.39 is 0 Å². The summed E-state index contributed by atoms with van der Waals surface area (Å²) in [6.45, 7) is 5.89. The monoisotopic (exact) mass is 404 g/mol. The molecule has 0 fully saturated rings. The lowest BCUT2D eigenvalue weighted by Crippen LogP contribution is -2.02. The summed E-state index contributed by atoms with van der Waals surface area (Å²) >= 11 is 0. The van der Waals surface area contributed by atoms with Crippen molar-refractivity contribution in [2.45, 2.75) is 26.7 Å². The molecule has 30 heavy (non-hydrogen) atoms. The second-order valence-corrected chi connectivity index (χ2v) is 6.85. The zero-order valence-corrected chi connectivity index (χ0v) is 17.7. The highest BCUT2D eigenvalue weighted by Gasteiger charge is 2.13. The van der Waals surface area contributed by atoms with E-state index in [1.54, 1.807) is 45.7 Å². The van der Waals surface area contributed by atoms with Crippen LogP contribution in [0.25, 0.3) is 0 Å². The minimum Gasteiger partial charge on any atom is -0.497 e. The normalized spacial score (nSPS) is 10.3. The number of hydrogen-bond donors (Lipinski definition) is 1. The predicted molar refractivity (Wildman–Crippen MR) is 115 cm³/mol. The molecule has 0 aliphatic heterocycles. The van der Waals surface area contributed by atoms with Gasteiger partial charge < -0.3 is 19.9 Å². The fourth-order valence-electron chi connectivity index (χ4n) is 2.74. The highest BCUT2D eigenvalue weighted by molar-refractivity contribution is 5.53. The lowest BCUT2D eigenvalue weighted by atomic mass is 10.0. The summed E-state index contributed by atoms with van der Waals surface area (Å²) in [6.07, 6.45) is 3.33. The van der Waals surface area contributed by atoms with Crippen LogP contribution in [0.1, 0.15) is 42.4 Å². The summed E-state index contributed by atoms with van der Waals surface area (Å²) < 4.78 is 16.6. The number of methoxy groups -OCH3 is 2. The minimum atomic E-state index is 0.198. The summed E-state index contributed by atoms with van der Waals surface area (Å²) in [7, 11) is 3.20. The van der Waals surface area contributed by atoms with Gasteiger partial charge in [-0.15, -0.1) is 0 Å². The van der Waals surface area contributed by atoms with E-state index in [0.29, 0.717) is 34.5 Å². The van der Waals surface area contributed by atoms with Crippen molar-refractivity contribution in [3.8, 4) is 34.8 Å². The van der Waals surface area contributed by atoms with Gasteiger partial charge in [0, 0.05) is 23.9 Å². The molecule has 2 aromatic heterocycles. The number of nitrogen functional groups attached to an aromatic ring is 1. The smallest absolute Gasteiger partial charge is 0.187 e. The molecule has 0 amide bonds. The summed E-state index contributed by atoms with van der Waals surface area (Å²) in [4.78, 5) is 12.8. The number of rotatable bonds is 5. The molecule has 2 N–H and O–H groups in total. The first kappa shape index (κ1) is 20.9. The van der Waals surface area contributed by atoms with E-state index in [0.717, 1.165) is 11.1 Å². The number of benzene rings is 1. The van der Waals surface area contributed by atoms with E-state index in [1.807, 2.05) is 12.1 Å². The van der Waals surface area contributed by atoms with Gasteiger partial charge in [-0.3, -0.25) is 0 Å². The van der Waals surface area contributed by atoms with Crippen LogP contribution in [0.5, 0.6) is 23.0 Å². The third kappa shape index (κ3) is 4.78. The molecule has 0 spiro atoms. The van der Waals surface area contributed by atoms with Crippen LogP contribution in [0.3, 0.4) is 0 Å². The Labute approximate surface area is 176 Å². The first-order valence-corrected chi connectivity index (χ1v) is 9.42. The Hall–Kier alpha value is -3.79. The average Bonchev–Trinajstić information content (AvgIpc) is 2.74. The number of anilines is 1. The molecule has 154 valence electrons. The number of aryl methyl sites for hydroxylation is 1. The molecule has 3 rings (SSSR count). The van der Waals surface area contributed by atoms with E-state index >= 15 is 0 Å². The lowest BCUT2D eigenvalue weighted by Gasteiger charge is -2.14. The number of nitrogens with zero attached hydrogens (tertiary/aromatic N) is 3. The van der Waals surface area contributed by atoms with Gasteiger partial charge in [0.05, 0.1) is 26.0 Å². The number of hydrogen-bond acceptors (Lipinski definition) is 7. The van der Waals surface area contributed by atoms with Gasteiger partial charge in [-0.1, -0.05) is 19.8 Å². The van der Waals surface area contributed by atoms with Crippen molar-refractivity contribution < 1.29 is 14.2 Å². The number of aromatic nitrogens is 3. The van der Waals surface area contributed by atoms with Crippen molar-refractivity contribution in [1.29, 1.82) is 0 Å². The third-order valence-electron chi connectivity index (χ3n) is 4.37. The predicted octanol–water partition coefficient (Wildman–Crippen LogP) is 4.09. The van der Waals surface area contributed by atoms with Crippen LogP contribution in [0.15, 0.2) is 36.7 Å². The van der Waals surface area contributed by atoms with Crippen molar-refractivity contribution in [2.75, 3.05) is 20.0 Å². The number of ether oxygens (including phenoxy) is 3. The maximum atomic E-state index is 6.03. The Morgan fingerprint density at radius 3 is 2.40 bits per heavy atom. The Balaban J connectivity index is 1.97. The molecule has 0 radical (unpaired) electrons. The standard InChI is InChI=1S/C23H24N4O3/c1-14(2)19-12-26-17(8-6-16-7-9-18(28-4)11-20(16)29-5)10-21(19)30-22-13-25-15(3)27-23(22)24/h7,9-14H,1-5H3,(H2,24,25,27). The second kappa shape index (κ2) is 9.14. The van der Waals surface area contributed by atoms with E-state index in [2.05, 4.69) is 40.6 Å². The van der Waals surface area contributed by atoms with Crippen molar-refractivity contribution >= 4 is 5.82 Å². The Morgan fingerprint density at radius 1 is 0.933 bits per heavy atom. The van der Waals surface area contributed by atoms with Gasteiger partial charge in [0.1, 0.15) is 28.8 Å². The highest BCUT2D eigenvalue weighted by atomic mass is 16.5. The van der Waals surface area contributed by atoms with Crippen LogP contribution < -0.4 is 19.9 Å². The average molecular weight is 404 g/mol. The molecular formula is C23H24N4O3. The van der Waals surface area contributed by atoms with Gasteiger partial charge in [0.2, 0.25) is 0 Å². The SMILES string of the molecule is COc1ccc(C#Cc2cc(Oc3cnc(C)nc3N)c(C(C)C)cn2)c(OC)c1. The molecule has 0 aliphatic rings. The maximum Gasteiger partial charge on any atom is 0.187 e. The zero-order valence-electron chi connectivity index (χ0n) is 17.7. The first-order chi connectivity index (χ1) is 14.4. The fourth-order valence-corrected chi connectivity index (χ4v) is 2.74. The molecule has 0 aliphatic carbocycles.